The molecule has 0 spiro atoms. The number of halogens is 1. The molecule has 0 amide bonds. The van der Waals surface area contributed by atoms with Crippen molar-refractivity contribution in [1.29, 1.82) is 0 Å². The monoisotopic (exact) mass is 354 g/mol. The molecule has 1 aromatic rings. The Labute approximate surface area is 144 Å². The van der Waals surface area contributed by atoms with Gasteiger partial charge >= 0.3 is 0 Å². The van der Waals surface area contributed by atoms with Crippen molar-refractivity contribution >= 4 is 10.0 Å². The summed E-state index contributed by atoms with van der Waals surface area (Å²) in [6, 6.07) is 5.12. The predicted molar refractivity (Wildman–Crippen MR) is 92.7 cm³/mol. The van der Waals surface area contributed by atoms with Crippen molar-refractivity contribution in [2.45, 2.75) is 43.4 Å². The van der Waals surface area contributed by atoms with Crippen LogP contribution in [0.15, 0.2) is 29.2 Å². The zero-order valence-corrected chi connectivity index (χ0v) is 14.9. The van der Waals surface area contributed by atoms with Crippen LogP contribution in [0.3, 0.4) is 0 Å². The molecule has 2 saturated heterocycles. The first-order valence-electron chi connectivity index (χ1n) is 9.02. The molecule has 0 saturated carbocycles. The molecule has 0 aliphatic carbocycles. The SMILES string of the molecule is O=S(=O)(c1ccc(F)cc1)N1CCC(CCC2CCNCC2)CC1. The normalized spacial score (nSPS) is 21.9. The van der Waals surface area contributed by atoms with Crippen LogP contribution in [0, 0.1) is 17.7 Å². The highest BCUT2D eigenvalue weighted by atomic mass is 32.2. The molecule has 2 aliphatic rings. The second-order valence-electron chi connectivity index (χ2n) is 7.07. The molecule has 4 nitrogen and oxygen atoms in total. The lowest BCUT2D eigenvalue weighted by Crippen LogP contribution is -2.38. The smallest absolute Gasteiger partial charge is 0.243 e. The number of piperidine rings is 2. The second-order valence-corrected chi connectivity index (χ2v) is 9.01. The minimum Gasteiger partial charge on any atom is -0.317 e. The van der Waals surface area contributed by atoms with Crippen LogP contribution in [0.25, 0.3) is 0 Å². The molecule has 0 radical (unpaired) electrons. The number of sulfonamides is 1. The van der Waals surface area contributed by atoms with E-state index in [1.807, 2.05) is 0 Å². The van der Waals surface area contributed by atoms with Gasteiger partial charge in [-0.15, -0.1) is 0 Å². The molecule has 0 unspecified atom stereocenters. The molecule has 1 aromatic carbocycles. The second kappa shape index (κ2) is 7.93. The highest BCUT2D eigenvalue weighted by molar-refractivity contribution is 7.89. The minimum atomic E-state index is -3.48. The van der Waals surface area contributed by atoms with E-state index in [1.54, 1.807) is 4.31 Å². The van der Waals surface area contributed by atoms with Gasteiger partial charge in [-0.2, -0.15) is 4.31 Å². The maximum Gasteiger partial charge on any atom is 0.243 e. The third-order valence-corrected chi connectivity index (χ3v) is 7.38. The van der Waals surface area contributed by atoms with E-state index in [-0.39, 0.29) is 4.90 Å². The molecule has 134 valence electrons. The van der Waals surface area contributed by atoms with E-state index >= 15 is 0 Å². The van der Waals surface area contributed by atoms with Crippen molar-refractivity contribution in [3.05, 3.63) is 30.1 Å². The van der Waals surface area contributed by atoms with Crippen LogP contribution in [-0.4, -0.2) is 38.9 Å². The van der Waals surface area contributed by atoms with E-state index in [4.69, 9.17) is 0 Å². The van der Waals surface area contributed by atoms with Crippen LogP contribution in [0.4, 0.5) is 4.39 Å². The van der Waals surface area contributed by atoms with Gasteiger partial charge in [-0.25, -0.2) is 12.8 Å². The molecular formula is C18H27FN2O2S. The number of hydrogen-bond donors (Lipinski definition) is 1. The molecular weight excluding hydrogens is 327 g/mol. The van der Waals surface area contributed by atoms with Gasteiger partial charge in [0.2, 0.25) is 10.0 Å². The van der Waals surface area contributed by atoms with Crippen molar-refractivity contribution in [3.8, 4) is 0 Å². The van der Waals surface area contributed by atoms with Crippen LogP contribution in [-0.2, 0) is 10.0 Å². The Morgan fingerprint density at radius 3 is 2.08 bits per heavy atom. The average molecular weight is 354 g/mol. The topological polar surface area (TPSA) is 49.4 Å². The predicted octanol–water partition coefficient (Wildman–Crippen LogP) is 3.01. The summed E-state index contributed by atoms with van der Waals surface area (Å²) in [4.78, 5) is 0.192. The first-order chi connectivity index (χ1) is 11.6. The van der Waals surface area contributed by atoms with Crippen LogP contribution >= 0.6 is 0 Å². The van der Waals surface area contributed by atoms with Crippen molar-refractivity contribution in [3.63, 3.8) is 0 Å². The van der Waals surface area contributed by atoms with Gasteiger partial charge < -0.3 is 5.32 Å². The average Bonchev–Trinajstić information content (AvgIpc) is 2.61. The van der Waals surface area contributed by atoms with E-state index < -0.39 is 15.8 Å². The Hall–Kier alpha value is -0.980. The minimum absolute atomic E-state index is 0.192. The standard InChI is InChI=1S/C18H27FN2O2S/c19-17-3-5-18(6-4-17)24(22,23)21-13-9-16(10-14-21)2-1-15-7-11-20-12-8-15/h3-6,15-16,20H,1-2,7-14H2. The zero-order valence-electron chi connectivity index (χ0n) is 14.1. The van der Waals surface area contributed by atoms with Gasteiger partial charge in [-0.1, -0.05) is 12.8 Å². The molecule has 2 fully saturated rings. The summed E-state index contributed by atoms with van der Waals surface area (Å²) < 4.78 is 39.8. The summed E-state index contributed by atoms with van der Waals surface area (Å²) in [6.07, 6.45) is 6.92. The van der Waals surface area contributed by atoms with Gasteiger partial charge in [0.15, 0.2) is 0 Å². The van der Waals surface area contributed by atoms with E-state index in [1.165, 1.54) is 49.9 Å². The molecule has 0 aromatic heterocycles. The van der Waals surface area contributed by atoms with Gasteiger partial charge in [0, 0.05) is 13.1 Å². The van der Waals surface area contributed by atoms with Crippen molar-refractivity contribution in [1.82, 2.24) is 9.62 Å². The summed E-state index contributed by atoms with van der Waals surface area (Å²) in [7, 11) is -3.48. The summed E-state index contributed by atoms with van der Waals surface area (Å²) in [5.41, 5.74) is 0. The van der Waals surface area contributed by atoms with Crippen LogP contribution < -0.4 is 5.32 Å². The van der Waals surface area contributed by atoms with Gasteiger partial charge in [-0.3, -0.25) is 0 Å². The lowest BCUT2D eigenvalue weighted by atomic mass is 9.86. The summed E-state index contributed by atoms with van der Waals surface area (Å²) in [5.74, 6) is 1.07. The van der Waals surface area contributed by atoms with E-state index in [0.717, 1.165) is 31.8 Å². The highest BCUT2D eigenvalue weighted by Gasteiger charge is 2.29. The number of nitrogens with one attached hydrogen (secondary N) is 1. The highest BCUT2D eigenvalue weighted by Crippen LogP contribution is 2.29. The summed E-state index contributed by atoms with van der Waals surface area (Å²) >= 11 is 0. The molecule has 2 heterocycles. The molecule has 24 heavy (non-hydrogen) atoms. The summed E-state index contributed by atoms with van der Waals surface area (Å²) in [5, 5.41) is 3.40. The fourth-order valence-electron chi connectivity index (χ4n) is 3.84. The Morgan fingerprint density at radius 2 is 1.50 bits per heavy atom. The van der Waals surface area contributed by atoms with Crippen molar-refractivity contribution < 1.29 is 12.8 Å². The zero-order chi connectivity index (χ0) is 17.0. The lowest BCUT2D eigenvalue weighted by molar-refractivity contribution is 0.239. The van der Waals surface area contributed by atoms with E-state index in [2.05, 4.69) is 5.32 Å². The first-order valence-corrected chi connectivity index (χ1v) is 10.5. The fourth-order valence-corrected chi connectivity index (χ4v) is 5.31. The third-order valence-electron chi connectivity index (χ3n) is 5.47. The third kappa shape index (κ3) is 4.35. The van der Waals surface area contributed by atoms with E-state index in [9.17, 15) is 12.8 Å². The Balaban J connectivity index is 1.49. The first kappa shape index (κ1) is 17.8. The molecule has 0 bridgehead atoms. The van der Waals surface area contributed by atoms with Crippen LogP contribution in [0.2, 0.25) is 0 Å². The maximum absolute atomic E-state index is 13.0. The van der Waals surface area contributed by atoms with Gasteiger partial charge in [-0.05, 0) is 74.9 Å². The fraction of sp³-hybridized carbons (Fsp3) is 0.667. The van der Waals surface area contributed by atoms with Crippen molar-refractivity contribution in [2.75, 3.05) is 26.2 Å². The van der Waals surface area contributed by atoms with Gasteiger partial charge in [0.25, 0.3) is 0 Å². The summed E-state index contributed by atoms with van der Waals surface area (Å²) in [6.45, 7) is 3.44. The maximum atomic E-state index is 13.0. The Bertz CT molecular complexity index is 619. The number of hydrogen-bond acceptors (Lipinski definition) is 3. The molecule has 6 heteroatoms. The lowest BCUT2D eigenvalue weighted by Gasteiger charge is -2.32. The van der Waals surface area contributed by atoms with E-state index in [0.29, 0.717) is 19.0 Å². The molecule has 3 rings (SSSR count). The molecule has 2 aliphatic heterocycles. The van der Waals surface area contributed by atoms with Crippen LogP contribution in [0.5, 0.6) is 0 Å². The number of rotatable bonds is 5. The molecule has 1 N–H and O–H groups in total. The number of nitrogens with zero attached hydrogens (tertiary/aromatic N) is 1. The Kier molecular flexibility index (Phi) is 5.89. The largest absolute Gasteiger partial charge is 0.317 e. The quantitative estimate of drug-likeness (QED) is 0.884. The van der Waals surface area contributed by atoms with Gasteiger partial charge in [0.05, 0.1) is 4.90 Å². The van der Waals surface area contributed by atoms with Gasteiger partial charge in [0.1, 0.15) is 5.82 Å². The Morgan fingerprint density at radius 1 is 0.958 bits per heavy atom. The molecule has 0 atom stereocenters. The van der Waals surface area contributed by atoms with Crippen LogP contribution in [0.1, 0.15) is 38.5 Å². The number of benzene rings is 1. The van der Waals surface area contributed by atoms with Crippen molar-refractivity contribution in [2.24, 2.45) is 11.8 Å².